The van der Waals surface area contributed by atoms with Gasteiger partial charge in [0, 0.05) is 25.2 Å². The zero-order chi connectivity index (χ0) is 21.5. The lowest BCUT2D eigenvalue weighted by Gasteiger charge is -2.17. The molecule has 2 aromatic heterocycles. The molecule has 11 heteroatoms. The largest absolute Gasteiger partial charge is 0.349 e. The van der Waals surface area contributed by atoms with Crippen molar-refractivity contribution in [3.05, 3.63) is 34.7 Å². The van der Waals surface area contributed by atoms with E-state index in [0.29, 0.717) is 28.2 Å². The highest BCUT2D eigenvalue weighted by molar-refractivity contribution is 7.90. The first kappa shape index (κ1) is 20.8. The first-order chi connectivity index (χ1) is 14.3. The van der Waals surface area contributed by atoms with Gasteiger partial charge in [0.15, 0.2) is 5.13 Å². The summed E-state index contributed by atoms with van der Waals surface area (Å²) in [4.78, 5) is 31.8. The molecule has 0 saturated heterocycles. The fraction of sp³-hybridized carbons (Fsp3) is 0.316. The number of rotatable bonds is 6. The molecule has 0 fully saturated rings. The summed E-state index contributed by atoms with van der Waals surface area (Å²) in [5, 5.41) is 3.60. The van der Waals surface area contributed by atoms with Crippen molar-refractivity contribution in [1.29, 1.82) is 0 Å². The minimum Gasteiger partial charge on any atom is -0.349 e. The van der Waals surface area contributed by atoms with Gasteiger partial charge in [-0.3, -0.25) is 9.59 Å². The van der Waals surface area contributed by atoms with E-state index in [2.05, 4.69) is 33.8 Å². The maximum Gasteiger partial charge on any atom is 0.275 e. The fourth-order valence-corrected chi connectivity index (χ4v) is 6.54. The van der Waals surface area contributed by atoms with E-state index in [1.54, 1.807) is 12.1 Å². The number of thiophene rings is 1. The number of carbonyl (C=O) groups excluding carboxylic acids is 2. The molecule has 0 atom stereocenters. The number of anilines is 2. The first-order valence-corrected chi connectivity index (χ1v) is 12.6. The number of amides is 2. The summed E-state index contributed by atoms with van der Waals surface area (Å²) >= 11 is 2.66. The molecular weight excluding hydrogens is 444 g/mol. The van der Waals surface area contributed by atoms with Crippen LogP contribution in [0.1, 0.15) is 35.5 Å². The number of nitrogens with one attached hydrogen (secondary N) is 2. The average Bonchev–Trinajstić information content (AvgIpc) is 3.27. The third-order valence-corrected chi connectivity index (χ3v) is 8.39. The molecule has 0 saturated carbocycles. The predicted molar refractivity (Wildman–Crippen MR) is 119 cm³/mol. The zero-order valence-corrected chi connectivity index (χ0v) is 18.8. The Morgan fingerprint density at radius 2 is 1.97 bits per heavy atom. The molecule has 1 aliphatic heterocycles. The molecule has 0 radical (unpaired) electrons. The van der Waals surface area contributed by atoms with Crippen LogP contribution in [-0.4, -0.2) is 38.3 Å². The molecule has 3 aromatic rings. The van der Waals surface area contributed by atoms with Crippen molar-refractivity contribution in [1.82, 2.24) is 9.71 Å². The molecule has 2 N–H and O–H groups in total. The molecule has 8 nitrogen and oxygen atoms in total. The summed E-state index contributed by atoms with van der Waals surface area (Å²) in [6.45, 7) is 5.79. The number of fused-ring (bicyclic) bond motifs is 2. The van der Waals surface area contributed by atoms with E-state index in [0.717, 1.165) is 28.5 Å². The van der Waals surface area contributed by atoms with Crippen LogP contribution in [0.5, 0.6) is 0 Å². The Labute approximate surface area is 182 Å². The van der Waals surface area contributed by atoms with Gasteiger partial charge in [0.25, 0.3) is 15.9 Å². The number of aryl methyl sites for hydroxylation is 1. The zero-order valence-electron chi connectivity index (χ0n) is 16.4. The van der Waals surface area contributed by atoms with Crippen molar-refractivity contribution in [2.45, 2.75) is 31.6 Å². The van der Waals surface area contributed by atoms with E-state index in [1.807, 2.05) is 0 Å². The Morgan fingerprint density at radius 1 is 1.20 bits per heavy atom. The van der Waals surface area contributed by atoms with Crippen LogP contribution >= 0.6 is 22.7 Å². The van der Waals surface area contributed by atoms with Gasteiger partial charge in [-0.25, -0.2) is 18.1 Å². The number of thiazole rings is 1. The second kappa shape index (κ2) is 7.97. The second-order valence-corrected chi connectivity index (χ2v) is 10.5. The maximum atomic E-state index is 12.7. The number of hydrogen-bond acceptors (Lipinski definition) is 8. The first-order valence-electron chi connectivity index (χ1n) is 9.46. The fourth-order valence-electron chi connectivity index (χ4n) is 3.22. The van der Waals surface area contributed by atoms with Gasteiger partial charge in [0.05, 0.1) is 14.5 Å². The average molecular weight is 465 g/mol. The Bertz CT molecular complexity index is 1210. The molecule has 1 aromatic carbocycles. The summed E-state index contributed by atoms with van der Waals surface area (Å²) in [6, 6.07) is 6.10. The maximum absolute atomic E-state index is 12.7. The quantitative estimate of drug-likeness (QED) is 0.580. The van der Waals surface area contributed by atoms with Crippen LogP contribution in [0.25, 0.3) is 9.53 Å². The van der Waals surface area contributed by atoms with Crippen molar-refractivity contribution in [2.24, 2.45) is 0 Å². The Kier molecular flexibility index (Phi) is 5.51. The van der Waals surface area contributed by atoms with Crippen LogP contribution in [0.4, 0.5) is 10.8 Å². The third-order valence-electron chi connectivity index (χ3n) is 4.85. The van der Waals surface area contributed by atoms with E-state index in [9.17, 15) is 18.0 Å². The number of carbonyl (C=O) groups is 2. The van der Waals surface area contributed by atoms with Gasteiger partial charge in [-0.05, 0) is 50.1 Å². The number of sulfonamides is 1. The van der Waals surface area contributed by atoms with Gasteiger partial charge >= 0.3 is 0 Å². The Morgan fingerprint density at radius 3 is 2.67 bits per heavy atom. The third kappa shape index (κ3) is 3.92. The van der Waals surface area contributed by atoms with Crippen molar-refractivity contribution in [2.75, 3.05) is 23.3 Å². The smallest absolute Gasteiger partial charge is 0.275 e. The highest BCUT2D eigenvalue weighted by atomic mass is 32.2. The Balaban J connectivity index is 1.54. The van der Waals surface area contributed by atoms with E-state index in [-0.39, 0.29) is 10.8 Å². The van der Waals surface area contributed by atoms with Crippen LogP contribution in [0.15, 0.2) is 29.2 Å². The molecule has 30 heavy (non-hydrogen) atoms. The van der Waals surface area contributed by atoms with Gasteiger partial charge in [-0.1, -0.05) is 11.3 Å². The minimum atomic E-state index is -4.04. The Hall–Kier alpha value is -2.50. The number of nitrogens with zero attached hydrogens (tertiary/aromatic N) is 2. The molecule has 0 bridgehead atoms. The summed E-state index contributed by atoms with van der Waals surface area (Å²) in [6.07, 6.45) is 0.761. The van der Waals surface area contributed by atoms with Crippen LogP contribution in [0.2, 0.25) is 0 Å². The summed E-state index contributed by atoms with van der Waals surface area (Å²) in [5.41, 5.74) is 1.33. The van der Waals surface area contributed by atoms with Gasteiger partial charge in [-0.2, -0.15) is 0 Å². The lowest BCUT2D eigenvalue weighted by atomic mass is 10.0. The normalized spacial score (nSPS) is 13.7. The van der Waals surface area contributed by atoms with Crippen molar-refractivity contribution in [3.63, 3.8) is 0 Å². The molecule has 158 valence electrons. The van der Waals surface area contributed by atoms with Crippen LogP contribution in [0.3, 0.4) is 0 Å². The molecule has 3 heterocycles. The molecule has 1 aliphatic rings. The van der Waals surface area contributed by atoms with Crippen LogP contribution in [-0.2, 0) is 21.2 Å². The molecule has 2 amide bonds. The second-order valence-electron chi connectivity index (χ2n) is 6.75. The number of hydrogen-bond donors (Lipinski definition) is 2. The van der Waals surface area contributed by atoms with Crippen LogP contribution in [0, 0.1) is 0 Å². The topological polar surface area (TPSA) is 108 Å². The van der Waals surface area contributed by atoms with Gasteiger partial charge in [0.2, 0.25) is 5.91 Å². The van der Waals surface area contributed by atoms with Gasteiger partial charge < -0.3 is 10.2 Å². The van der Waals surface area contributed by atoms with E-state index < -0.39 is 15.9 Å². The van der Waals surface area contributed by atoms with E-state index >= 15 is 0 Å². The van der Waals surface area contributed by atoms with Gasteiger partial charge in [0.1, 0.15) is 4.83 Å². The molecule has 0 aliphatic carbocycles. The van der Waals surface area contributed by atoms with E-state index in [4.69, 9.17) is 0 Å². The highest BCUT2D eigenvalue weighted by Gasteiger charge is 2.24. The summed E-state index contributed by atoms with van der Waals surface area (Å²) < 4.78 is 28.4. The highest BCUT2D eigenvalue weighted by Crippen LogP contribution is 2.34. The standard InChI is InChI=1S/C19H20N4O4S3/c1-3-23(4-2)19-21-18-15(29-19)10-14(28-18)17(25)22-30(26,27)12-6-7-13-11(9-12)5-8-16(24)20-13/h6-7,9-10H,3-5,8H2,1-2H3,(H,20,24)(H,22,25). The molecule has 0 spiro atoms. The number of benzene rings is 1. The molecule has 4 rings (SSSR count). The SMILES string of the molecule is CCN(CC)c1nc2sc(C(=O)NS(=O)(=O)c3ccc4c(c3)CCC(=O)N4)cc2s1. The lowest BCUT2D eigenvalue weighted by Crippen LogP contribution is -2.30. The predicted octanol–water partition coefficient (Wildman–Crippen LogP) is 3.21. The minimum absolute atomic E-state index is 0.00828. The monoisotopic (exact) mass is 464 g/mol. The van der Waals surface area contributed by atoms with Crippen molar-refractivity contribution < 1.29 is 18.0 Å². The molecular formula is C19H20N4O4S3. The van der Waals surface area contributed by atoms with E-state index in [1.165, 1.54) is 34.8 Å². The number of aromatic nitrogens is 1. The van der Waals surface area contributed by atoms with Crippen molar-refractivity contribution >= 4 is 64.9 Å². The van der Waals surface area contributed by atoms with Crippen molar-refractivity contribution in [3.8, 4) is 0 Å². The van der Waals surface area contributed by atoms with Gasteiger partial charge in [-0.15, -0.1) is 11.3 Å². The summed E-state index contributed by atoms with van der Waals surface area (Å²) in [5.74, 6) is -0.776. The molecule has 0 unspecified atom stereocenters. The lowest BCUT2D eigenvalue weighted by molar-refractivity contribution is -0.116. The summed E-state index contributed by atoms with van der Waals surface area (Å²) in [7, 11) is -4.04. The van der Waals surface area contributed by atoms with Crippen LogP contribution < -0.4 is 14.9 Å².